The van der Waals surface area contributed by atoms with Crippen LogP contribution < -0.4 is 15.5 Å². The molecule has 9 heteroatoms. The lowest BCUT2D eigenvalue weighted by Gasteiger charge is -2.17. The van der Waals surface area contributed by atoms with E-state index in [1.165, 1.54) is 0 Å². The first-order chi connectivity index (χ1) is 14.6. The van der Waals surface area contributed by atoms with E-state index in [1.807, 2.05) is 41.3 Å². The molecule has 2 aliphatic heterocycles. The first kappa shape index (κ1) is 18.3. The van der Waals surface area contributed by atoms with Crippen LogP contribution in [-0.4, -0.2) is 44.8 Å². The number of para-hydroxylation sites is 1. The van der Waals surface area contributed by atoms with Gasteiger partial charge in [0.2, 0.25) is 17.8 Å². The number of nitrogens with one attached hydrogen (secondary N) is 2. The Bertz CT molecular complexity index is 1170. The predicted octanol–water partition coefficient (Wildman–Crippen LogP) is 2.83. The third-order valence-electron chi connectivity index (χ3n) is 5.19. The van der Waals surface area contributed by atoms with E-state index in [1.54, 1.807) is 10.7 Å². The van der Waals surface area contributed by atoms with E-state index in [-0.39, 0.29) is 18.9 Å². The molecule has 2 fully saturated rings. The molecule has 2 N–H and O–H groups in total. The minimum Gasteiger partial charge on any atom is -0.338 e. The summed E-state index contributed by atoms with van der Waals surface area (Å²) in [6.07, 6.45) is 3.36. The van der Waals surface area contributed by atoms with Crippen molar-refractivity contribution in [3.63, 3.8) is 0 Å². The fourth-order valence-electron chi connectivity index (χ4n) is 3.66. The van der Waals surface area contributed by atoms with Crippen LogP contribution in [0, 0.1) is 0 Å². The topological polar surface area (TPSA) is 87.5 Å². The highest BCUT2D eigenvalue weighted by Gasteiger charge is 2.26. The number of carbonyl (C=O) groups is 1. The lowest BCUT2D eigenvalue weighted by molar-refractivity contribution is -0.118. The molecule has 8 nitrogen and oxygen atoms in total. The van der Waals surface area contributed by atoms with Crippen molar-refractivity contribution < 1.29 is 9.18 Å². The number of fused-ring (bicyclic) bond motifs is 1. The van der Waals surface area contributed by atoms with Gasteiger partial charge in [-0.2, -0.15) is 19.6 Å². The van der Waals surface area contributed by atoms with Gasteiger partial charge in [0.25, 0.3) is 0 Å². The number of amides is 1. The Morgan fingerprint density at radius 1 is 1.27 bits per heavy atom. The van der Waals surface area contributed by atoms with Crippen LogP contribution in [0.2, 0.25) is 0 Å². The maximum atomic E-state index is 13.8. The Morgan fingerprint density at radius 3 is 2.80 bits per heavy atom. The van der Waals surface area contributed by atoms with E-state index in [0.717, 1.165) is 16.8 Å². The SMILES string of the molecule is C=C1NC(=O)C/C1=C\c1cnn2c(Nc3ccccc3)nc(N3CC[C@H](F)C3)nc12. The van der Waals surface area contributed by atoms with Gasteiger partial charge in [-0.3, -0.25) is 4.79 Å². The third kappa shape index (κ3) is 3.38. The Morgan fingerprint density at radius 2 is 2.10 bits per heavy atom. The van der Waals surface area contributed by atoms with Gasteiger partial charge < -0.3 is 15.5 Å². The number of benzene rings is 1. The van der Waals surface area contributed by atoms with Crippen molar-refractivity contribution in [2.75, 3.05) is 23.3 Å². The summed E-state index contributed by atoms with van der Waals surface area (Å²) in [5.74, 6) is 0.837. The van der Waals surface area contributed by atoms with Gasteiger partial charge in [-0.15, -0.1) is 0 Å². The van der Waals surface area contributed by atoms with Gasteiger partial charge in [-0.25, -0.2) is 4.39 Å². The average molecular weight is 405 g/mol. The van der Waals surface area contributed by atoms with Crippen molar-refractivity contribution in [2.45, 2.75) is 19.0 Å². The zero-order valence-electron chi connectivity index (χ0n) is 16.2. The van der Waals surface area contributed by atoms with Crippen LogP contribution in [0.5, 0.6) is 0 Å². The van der Waals surface area contributed by atoms with Crippen LogP contribution in [0.3, 0.4) is 0 Å². The number of hydrogen-bond acceptors (Lipinski definition) is 6. The van der Waals surface area contributed by atoms with Crippen molar-refractivity contribution in [1.82, 2.24) is 24.9 Å². The molecule has 30 heavy (non-hydrogen) atoms. The molecule has 2 saturated heterocycles. The van der Waals surface area contributed by atoms with Crippen LogP contribution in [-0.2, 0) is 4.79 Å². The molecule has 0 bridgehead atoms. The fraction of sp³-hybridized carbons (Fsp3) is 0.238. The van der Waals surface area contributed by atoms with Crippen molar-refractivity contribution in [2.24, 2.45) is 0 Å². The summed E-state index contributed by atoms with van der Waals surface area (Å²) in [5.41, 5.74) is 3.52. The van der Waals surface area contributed by atoms with E-state index in [9.17, 15) is 9.18 Å². The molecular weight excluding hydrogens is 385 g/mol. The van der Waals surface area contributed by atoms with Crippen LogP contribution in [0.25, 0.3) is 11.7 Å². The third-order valence-corrected chi connectivity index (χ3v) is 5.19. The Labute approximate surface area is 172 Å². The molecule has 4 heterocycles. The fourth-order valence-corrected chi connectivity index (χ4v) is 3.66. The summed E-state index contributed by atoms with van der Waals surface area (Å²) in [6, 6.07) is 9.62. The molecule has 0 radical (unpaired) electrons. The second-order valence-corrected chi connectivity index (χ2v) is 7.38. The van der Waals surface area contributed by atoms with Gasteiger partial charge in [0.05, 0.1) is 19.2 Å². The molecule has 0 saturated carbocycles. The lowest BCUT2D eigenvalue weighted by Crippen LogP contribution is -2.23. The molecule has 152 valence electrons. The maximum absolute atomic E-state index is 13.8. The monoisotopic (exact) mass is 405 g/mol. The second-order valence-electron chi connectivity index (χ2n) is 7.38. The molecule has 2 aliphatic rings. The van der Waals surface area contributed by atoms with Gasteiger partial charge in [-0.1, -0.05) is 24.8 Å². The van der Waals surface area contributed by atoms with Crippen LogP contribution >= 0.6 is 0 Å². The minimum absolute atomic E-state index is 0.0875. The highest BCUT2D eigenvalue weighted by molar-refractivity contribution is 5.89. The Hall–Kier alpha value is -3.75. The summed E-state index contributed by atoms with van der Waals surface area (Å²) in [5, 5.41) is 10.4. The second kappa shape index (κ2) is 7.25. The van der Waals surface area contributed by atoms with Gasteiger partial charge in [-0.05, 0) is 30.2 Å². The molecule has 0 unspecified atom stereocenters. The lowest BCUT2D eigenvalue weighted by atomic mass is 10.1. The first-order valence-electron chi connectivity index (χ1n) is 9.73. The number of alkyl halides is 1. The maximum Gasteiger partial charge on any atom is 0.233 e. The Balaban J connectivity index is 1.61. The molecule has 0 aliphatic carbocycles. The van der Waals surface area contributed by atoms with Gasteiger partial charge in [0, 0.05) is 23.5 Å². The zero-order chi connectivity index (χ0) is 20.7. The number of hydrogen-bond donors (Lipinski definition) is 2. The largest absolute Gasteiger partial charge is 0.338 e. The zero-order valence-corrected chi connectivity index (χ0v) is 16.2. The number of carbonyl (C=O) groups excluding carboxylic acids is 1. The summed E-state index contributed by atoms with van der Waals surface area (Å²) in [7, 11) is 0. The summed E-state index contributed by atoms with van der Waals surface area (Å²) in [4.78, 5) is 22.8. The minimum atomic E-state index is -0.888. The van der Waals surface area contributed by atoms with Crippen molar-refractivity contribution in [1.29, 1.82) is 0 Å². The van der Waals surface area contributed by atoms with Crippen molar-refractivity contribution in [3.8, 4) is 0 Å². The van der Waals surface area contributed by atoms with Gasteiger partial charge in [0.1, 0.15) is 6.17 Å². The predicted molar refractivity (Wildman–Crippen MR) is 112 cm³/mol. The number of rotatable bonds is 4. The number of anilines is 3. The molecule has 1 aromatic carbocycles. The average Bonchev–Trinajstić information content (AvgIpc) is 3.42. The molecule has 2 aromatic heterocycles. The van der Waals surface area contributed by atoms with Crippen molar-refractivity contribution in [3.05, 3.63) is 59.9 Å². The van der Waals surface area contributed by atoms with E-state index >= 15 is 0 Å². The van der Waals surface area contributed by atoms with Crippen LogP contribution in [0.4, 0.5) is 22.0 Å². The van der Waals surface area contributed by atoms with E-state index in [2.05, 4.69) is 32.3 Å². The number of allylic oxidation sites excluding steroid dienone is 1. The molecular formula is C21H20FN7O. The molecule has 3 aromatic rings. The molecule has 5 rings (SSSR count). The standard InChI is InChI=1S/C21H20FN7O/c1-13-14(10-18(30)24-13)9-15-11-23-29-19(15)26-20(28-8-7-16(22)12-28)27-21(29)25-17-5-3-2-4-6-17/h2-6,9,11,16H,1,7-8,10,12H2,(H,24,30)(H,25,26,27)/b14-9+/t16-/m0/s1. The molecule has 1 amide bonds. The van der Waals surface area contributed by atoms with Crippen LogP contribution in [0.1, 0.15) is 18.4 Å². The highest BCUT2D eigenvalue weighted by atomic mass is 19.1. The number of halogens is 1. The summed E-state index contributed by atoms with van der Waals surface area (Å²) < 4.78 is 15.4. The normalized spacial score (nSPS) is 20.4. The quantitative estimate of drug-likeness (QED) is 0.694. The van der Waals surface area contributed by atoms with Gasteiger partial charge in [0.15, 0.2) is 5.65 Å². The van der Waals surface area contributed by atoms with Crippen LogP contribution in [0.15, 0.2) is 54.4 Å². The summed E-state index contributed by atoms with van der Waals surface area (Å²) >= 11 is 0. The van der Waals surface area contributed by atoms with E-state index in [0.29, 0.717) is 36.2 Å². The first-order valence-corrected chi connectivity index (χ1v) is 9.73. The molecule has 1 atom stereocenters. The number of nitrogens with zero attached hydrogens (tertiary/aromatic N) is 5. The highest BCUT2D eigenvalue weighted by Crippen LogP contribution is 2.27. The van der Waals surface area contributed by atoms with Crippen molar-refractivity contribution >= 4 is 35.2 Å². The number of aromatic nitrogens is 4. The summed E-state index contributed by atoms with van der Waals surface area (Å²) in [6.45, 7) is 4.71. The van der Waals surface area contributed by atoms with E-state index < -0.39 is 6.17 Å². The molecule has 0 spiro atoms. The smallest absolute Gasteiger partial charge is 0.233 e. The Kier molecular flexibility index (Phi) is 4.42. The van der Waals surface area contributed by atoms with Gasteiger partial charge >= 0.3 is 0 Å². The van der Waals surface area contributed by atoms with E-state index in [4.69, 9.17) is 0 Å².